The predicted molar refractivity (Wildman–Crippen MR) is 62.9 cm³/mol. The summed E-state index contributed by atoms with van der Waals surface area (Å²) >= 11 is 0. The summed E-state index contributed by atoms with van der Waals surface area (Å²) in [7, 11) is 0. The van der Waals surface area contributed by atoms with Gasteiger partial charge in [-0.2, -0.15) is 0 Å². The smallest absolute Gasteiger partial charge is 0.278 e. The largest absolute Gasteiger partial charge is 0.393 e. The van der Waals surface area contributed by atoms with Crippen molar-refractivity contribution in [3.05, 3.63) is 0 Å². The van der Waals surface area contributed by atoms with Crippen LogP contribution in [-0.2, 0) is 14.3 Å². The van der Waals surface area contributed by atoms with Gasteiger partial charge in [0.15, 0.2) is 0 Å². The molecule has 9 nitrogen and oxygen atoms in total. The van der Waals surface area contributed by atoms with Gasteiger partial charge in [-0.05, 0) is 13.3 Å². The van der Waals surface area contributed by atoms with Crippen LogP contribution in [0.1, 0.15) is 19.8 Å². The van der Waals surface area contributed by atoms with Gasteiger partial charge >= 0.3 is 0 Å². The number of ether oxygens (including phenoxy) is 1. The lowest BCUT2D eigenvalue weighted by atomic mass is 9.86. The lowest BCUT2D eigenvalue weighted by molar-refractivity contribution is -0.235. The van der Waals surface area contributed by atoms with E-state index < -0.39 is 41.6 Å². The number of carbonyl (C=O) groups excluding carboxylic acids is 2. The molecule has 0 radical (unpaired) electrons. The van der Waals surface area contributed by atoms with E-state index >= 15 is 0 Å². The van der Waals surface area contributed by atoms with Crippen molar-refractivity contribution in [1.29, 1.82) is 0 Å². The fourth-order valence-electron chi connectivity index (χ4n) is 2.30. The number of aliphatic hydroxyl groups is 4. The van der Waals surface area contributed by atoms with Crippen LogP contribution in [0, 0.1) is 0 Å². The molecule has 2 amide bonds. The van der Waals surface area contributed by atoms with Gasteiger partial charge in [-0.3, -0.25) is 9.59 Å². The Kier molecular flexibility index (Phi) is 3.51. The molecule has 0 aliphatic carbocycles. The van der Waals surface area contributed by atoms with Crippen molar-refractivity contribution in [2.45, 2.75) is 42.9 Å². The van der Waals surface area contributed by atoms with Gasteiger partial charge in [0.2, 0.25) is 5.72 Å². The third-order valence-electron chi connectivity index (χ3n) is 3.64. The molecule has 20 heavy (non-hydrogen) atoms. The average molecular weight is 290 g/mol. The van der Waals surface area contributed by atoms with Gasteiger partial charge in [-0.15, -0.1) is 0 Å². The third kappa shape index (κ3) is 2.07. The van der Waals surface area contributed by atoms with Gasteiger partial charge in [0.1, 0.15) is 11.7 Å². The number of rotatable bonds is 3. The molecule has 3 rings (SSSR count). The number of fused-ring (bicyclic) bond motifs is 5. The second-order valence-corrected chi connectivity index (χ2v) is 5.37. The van der Waals surface area contributed by atoms with Crippen LogP contribution in [0.25, 0.3) is 0 Å². The highest BCUT2D eigenvalue weighted by Gasteiger charge is 2.62. The van der Waals surface area contributed by atoms with Crippen molar-refractivity contribution < 1.29 is 34.8 Å². The van der Waals surface area contributed by atoms with Crippen molar-refractivity contribution >= 4 is 11.8 Å². The maximum Gasteiger partial charge on any atom is 0.278 e. The molecule has 9 heteroatoms. The summed E-state index contributed by atoms with van der Waals surface area (Å²) in [6, 6.07) is 0. The Morgan fingerprint density at radius 1 is 1.40 bits per heavy atom. The van der Waals surface area contributed by atoms with Crippen molar-refractivity contribution in [2.75, 3.05) is 13.2 Å². The summed E-state index contributed by atoms with van der Waals surface area (Å²) in [5, 5.41) is 43.4. The molecule has 4 atom stereocenters. The van der Waals surface area contributed by atoms with E-state index in [1.807, 2.05) is 0 Å². The second kappa shape index (κ2) is 4.64. The topological polar surface area (TPSA) is 148 Å². The number of piperazine rings is 1. The molecule has 0 aromatic heterocycles. The van der Waals surface area contributed by atoms with E-state index in [1.165, 1.54) is 0 Å². The van der Waals surface area contributed by atoms with Gasteiger partial charge in [0.05, 0.1) is 13.2 Å². The van der Waals surface area contributed by atoms with Gasteiger partial charge in [0, 0.05) is 6.42 Å². The van der Waals surface area contributed by atoms with Gasteiger partial charge in [-0.1, -0.05) is 0 Å². The zero-order valence-corrected chi connectivity index (χ0v) is 10.9. The summed E-state index contributed by atoms with van der Waals surface area (Å²) in [6.07, 6.45) is -1.70. The number of hydrogen-bond donors (Lipinski definition) is 6. The minimum atomic E-state index is -2.25. The zero-order valence-electron chi connectivity index (χ0n) is 10.9. The Labute approximate surface area is 114 Å². The fourth-order valence-corrected chi connectivity index (χ4v) is 2.30. The maximum absolute atomic E-state index is 12.1. The molecule has 3 fully saturated rings. The fraction of sp³-hybridized carbons (Fsp3) is 0.818. The SMILES string of the molecule is C[C@](O)(CO)[C@H](O)C12NC(=O)[C@](O)(CCCO1)NC2=O. The van der Waals surface area contributed by atoms with Crippen LogP contribution in [0.15, 0.2) is 0 Å². The lowest BCUT2D eigenvalue weighted by Crippen LogP contribution is -2.82. The molecule has 0 aromatic carbocycles. The molecule has 0 spiro atoms. The number of hydrogen-bond acceptors (Lipinski definition) is 7. The summed E-state index contributed by atoms with van der Waals surface area (Å²) in [5.74, 6) is -1.93. The van der Waals surface area contributed by atoms with Crippen LogP contribution in [0.2, 0.25) is 0 Å². The molecule has 3 aliphatic heterocycles. The Balaban J connectivity index is 2.42. The standard InChI is InChI=1S/C11H18N2O7/c1-9(18,5-14)6(15)11-8(17)12-10(19,7(16)13-11)3-2-4-20-11/h6,14-15,18-19H,2-5H2,1H3,(H,12,17)(H,13,16)/t6-,9-,10+,11?/m0/s1. The first-order valence-corrected chi connectivity index (χ1v) is 6.21. The molecular weight excluding hydrogens is 272 g/mol. The number of amides is 2. The maximum atomic E-state index is 12.1. The molecule has 6 N–H and O–H groups in total. The summed E-state index contributed by atoms with van der Waals surface area (Å²) in [6.45, 7) is 0.218. The molecule has 0 saturated carbocycles. The molecule has 1 unspecified atom stereocenters. The van der Waals surface area contributed by atoms with Crippen LogP contribution in [0.5, 0.6) is 0 Å². The van der Waals surface area contributed by atoms with Crippen molar-refractivity contribution in [3.63, 3.8) is 0 Å². The van der Waals surface area contributed by atoms with E-state index in [1.54, 1.807) is 0 Å². The van der Waals surface area contributed by atoms with E-state index in [-0.39, 0.29) is 19.4 Å². The quantitative estimate of drug-likeness (QED) is 0.316. The monoisotopic (exact) mass is 290 g/mol. The normalized spacial score (nSPS) is 38.2. The molecule has 0 aromatic rings. The van der Waals surface area contributed by atoms with Gasteiger partial charge in [-0.25, -0.2) is 0 Å². The van der Waals surface area contributed by atoms with Crippen LogP contribution in [-0.4, -0.2) is 68.6 Å². The van der Waals surface area contributed by atoms with Crippen molar-refractivity contribution in [2.24, 2.45) is 0 Å². The second-order valence-electron chi connectivity index (χ2n) is 5.37. The Morgan fingerprint density at radius 3 is 2.65 bits per heavy atom. The highest BCUT2D eigenvalue weighted by molar-refractivity contribution is 6.01. The molecule has 3 heterocycles. The van der Waals surface area contributed by atoms with Crippen LogP contribution < -0.4 is 10.6 Å². The van der Waals surface area contributed by atoms with E-state index in [9.17, 15) is 24.9 Å². The minimum absolute atomic E-state index is 0.0193. The number of nitrogens with one attached hydrogen (secondary N) is 2. The molecule has 3 aliphatic rings. The van der Waals surface area contributed by atoms with Crippen molar-refractivity contribution in [3.8, 4) is 0 Å². The predicted octanol–water partition coefficient (Wildman–Crippen LogP) is -3.47. The number of carbonyl (C=O) groups is 2. The molecular formula is C11H18N2O7. The summed E-state index contributed by atoms with van der Waals surface area (Å²) in [4.78, 5) is 24.1. The van der Waals surface area contributed by atoms with E-state index in [2.05, 4.69) is 10.6 Å². The van der Waals surface area contributed by atoms with Gasteiger partial charge in [0.25, 0.3) is 17.5 Å². The molecule has 114 valence electrons. The zero-order chi connectivity index (χ0) is 15.2. The lowest BCUT2D eigenvalue weighted by Gasteiger charge is -2.49. The highest BCUT2D eigenvalue weighted by atomic mass is 16.5. The van der Waals surface area contributed by atoms with E-state index in [0.717, 1.165) is 6.92 Å². The highest BCUT2D eigenvalue weighted by Crippen LogP contribution is 2.31. The molecule has 2 bridgehead atoms. The van der Waals surface area contributed by atoms with Gasteiger partial charge < -0.3 is 35.8 Å². The average Bonchev–Trinajstić information content (AvgIpc) is 2.37. The van der Waals surface area contributed by atoms with Crippen molar-refractivity contribution in [1.82, 2.24) is 10.6 Å². The first-order valence-electron chi connectivity index (χ1n) is 6.21. The van der Waals surface area contributed by atoms with Crippen LogP contribution in [0.4, 0.5) is 0 Å². The Hall–Kier alpha value is -1.26. The van der Waals surface area contributed by atoms with E-state index in [4.69, 9.17) is 9.84 Å². The Bertz CT molecular complexity index is 440. The summed E-state index contributed by atoms with van der Waals surface area (Å²) < 4.78 is 5.26. The first kappa shape index (κ1) is 15.1. The third-order valence-corrected chi connectivity index (χ3v) is 3.64. The molecule has 3 saturated heterocycles. The minimum Gasteiger partial charge on any atom is -0.393 e. The van der Waals surface area contributed by atoms with Crippen LogP contribution in [0.3, 0.4) is 0 Å². The summed E-state index contributed by atoms with van der Waals surface area (Å²) in [5.41, 5.74) is -6.40. The Morgan fingerprint density at radius 2 is 2.05 bits per heavy atom. The number of aliphatic hydroxyl groups excluding tert-OH is 2. The van der Waals surface area contributed by atoms with E-state index in [0.29, 0.717) is 0 Å². The van der Waals surface area contributed by atoms with Crippen LogP contribution >= 0.6 is 0 Å². The first-order chi connectivity index (χ1) is 9.18.